The van der Waals surface area contributed by atoms with Gasteiger partial charge < -0.3 is 4.90 Å². The first kappa shape index (κ1) is 17.7. The van der Waals surface area contributed by atoms with Crippen LogP contribution in [0.3, 0.4) is 0 Å². The van der Waals surface area contributed by atoms with Crippen molar-refractivity contribution in [1.29, 1.82) is 0 Å². The Balaban J connectivity index is 1.55. The zero-order valence-electron chi connectivity index (χ0n) is 16.1. The van der Waals surface area contributed by atoms with E-state index in [0.29, 0.717) is 0 Å². The van der Waals surface area contributed by atoms with Crippen LogP contribution in [0.4, 0.5) is 0 Å². The molecule has 2 aliphatic rings. The highest BCUT2D eigenvalue weighted by Crippen LogP contribution is 2.32. The maximum atomic E-state index is 13.3. The van der Waals surface area contributed by atoms with Gasteiger partial charge in [-0.25, -0.2) is 0 Å². The van der Waals surface area contributed by atoms with Crippen LogP contribution in [0.5, 0.6) is 0 Å². The lowest BCUT2D eigenvalue weighted by Gasteiger charge is -2.37. The van der Waals surface area contributed by atoms with Gasteiger partial charge in [-0.15, -0.1) is 0 Å². The van der Waals surface area contributed by atoms with Crippen molar-refractivity contribution >= 4 is 12.1 Å². The summed E-state index contributed by atoms with van der Waals surface area (Å²) in [6.07, 6.45) is 5.04. The summed E-state index contributed by atoms with van der Waals surface area (Å²) in [5.74, 6) is 0.133. The van der Waals surface area contributed by atoms with Crippen LogP contribution in [-0.4, -0.2) is 35.7 Å². The van der Waals surface area contributed by atoms with Crippen molar-refractivity contribution in [1.82, 2.24) is 4.90 Å². The standard InChI is InChI=1S/C24H26N2O/c1-17(2)26(23-13-12-21-15-25-16-22(21)14-23)24(27)20-10-8-19(9-11-20)18-6-4-3-5-7-18/h3-11,16-17,23H,12-15H2,1-2H3. The number of carbonyl (C=O) groups is 1. The van der Waals surface area contributed by atoms with Crippen LogP contribution in [-0.2, 0) is 0 Å². The third-order valence-electron chi connectivity index (χ3n) is 5.64. The highest BCUT2D eigenvalue weighted by atomic mass is 16.2. The molecule has 3 heteroatoms. The summed E-state index contributed by atoms with van der Waals surface area (Å²) in [6, 6.07) is 18.7. The Morgan fingerprint density at radius 3 is 2.44 bits per heavy atom. The Morgan fingerprint density at radius 2 is 1.74 bits per heavy atom. The Bertz CT molecular complexity index is 878. The van der Waals surface area contributed by atoms with Gasteiger partial charge in [-0.05, 0) is 67.5 Å². The molecule has 0 N–H and O–H groups in total. The highest BCUT2D eigenvalue weighted by molar-refractivity contribution is 5.95. The minimum Gasteiger partial charge on any atom is -0.333 e. The predicted octanol–water partition coefficient (Wildman–Crippen LogP) is 5.14. The molecule has 1 atom stereocenters. The molecule has 1 aliphatic carbocycles. The van der Waals surface area contributed by atoms with Gasteiger partial charge in [0.15, 0.2) is 0 Å². The van der Waals surface area contributed by atoms with Crippen LogP contribution < -0.4 is 0 Å². The molecule has 1 amide bonds. The lowest BCUT2D eigenvalue weighted by Crippen LogP contribution is -2.46. The molecule has 1 aliphatic heterocycles. The van der Waals surface area contributed by atoms with Gasteiger partial charge in [0.2, 0.25) is 0 Å². The summed E-state index contributed by atoms with van der Waals surface area (Å²) < 4.78 is 0. The zero-order valence-corrected chi connectivity index (χ0v) is 16.1. The van der Waals surface area contributed by atoms with Crippen molar-refractivity contribution in [3.63, 3.8) is 0 Å². The molecule has 0 spiro atoms. The number of amides is 1. The third kappa shape index (κ3) is 3.59. The Morgan fingerprint density at radius 1 is 1.04 bits per heavy atom. The fourth-order valence-corrected chi connectivity index (χ4v) is 4.24. The Kier molecular flexibility index (Phi) is 4.93. The second kappa shape index (κ2) is 7.51. The number of benzene rings is 2. The molecule has 0 aromatic heterocycles. The fourth-order valence-electron chi connectivity index (χ4n) is 4.24. The van der Waals surface area contributed by atoms with E-state index in [1.165, 1.54) is 16.7 Å². The number of carbonyl (C=O) groups excluding carboxylic acids is 1. The SMILES string of the molecule is CC(C)N(C(=O)c1ccc(-c2ccccc2)cc1)C1CCC2=C(C=NC2)C1. The molecular weight excluding hydrogens is 332 g/mol. The number of hydrogen-bond acceptors (Lipinski definition) is 2. The van der Waals surface area contributed by atoms with E-state index in [2.05, 4.69) is 35.9 Å². The molecule has 1 heterocycles. The van der Waals surface area contributed by atoms with Crippen LogP contribution in [0, 0.1) is 0 Å². The van der Waals surface area contributed by atoms with Gasteiger partial charge in [0.25, 0.3) is 5.91 Å². The molecule has 27 heavy (non-hydrogen) atoms. The number of hydrogen-bond donors (Lipinski definition) is 0. The number of rotatable bonds is 4. The van der Waals surface area contributed by atoms with Crippen molar-refractivity contribution < 1.29 is 4.79 Å². The Hall–Kier alpha value is -2.68. The first-order chi connectivity index (χ1) is 13.1. The predicted molar refractivity (Wildman–Crippen MR) is 111 cm³/mol. The van der Waals surface area contributed by atoms with E-state index in [4.69, 9.17) is 0 Å². The highest BCUT2D eigenvalue weighted by Gasteiger charge is 2.31. The van der Waals surface area contributed by atoms with Crippen LogP contribution in [0.15, 0.2) is 70.7 Å². The van der Waals surface area contributed by atoms with E-state index in [-0.39, 0.29) is 18.0 Å². The first-order valence-electron chi connectivity index (χ1n) is 9.82. The molecule has 4 rings (SSSR count). The van der Waals surface area contributed by atoms with Crippen LogP contribution in [0.25, 0.3) is 11.1 Å². The van der Waals surface area contributed by atoms with Crippen LogP contribution >= 0.6 is 0 Å². The van der Waals surface area contributed by atoms with Crippen molar-refractivity contribution in [2.75, 3.05) is 6.54 Å². The summed E-state index contributed by atoms with van der Waals surface area (Å²) in [5.41, 5.74) is 5.89. The lowest BCUT2D eigenvalue weighted by atomic mass is 9.88. The average molecular weight is 358 g/mol. The number of nitrogens with zero attached hydrogens (tertiary/aromatic N) is 2. The topological polar surface area (TPSA) is 32.7 Å². The zero-order chi connectivity index (χ0) is 18.8. The average Bonchev–Trinajstić information content (AvgIpc) is 3.16. The van der Waals surface area contributed by atoms with E-state index in [1.807, 2.05) is 48.7 Å². The minimum atomic E-state index is 0.133. The summed E-state index contributed by atoms with van der Waals surface area (Å²) in [6.45, 7) is 5.09. The molecule has 3 nitrogen and oxygen atoms in total. The van der Waals surface area contributed by atoms with Gasteiger partial charge in [0.05, 0.1) is 6.54 Å². The summed E-state index contributed by atoms with van der Waals surface area (Å²) in [7, 11) is 0. The number of aliphatic imine (C=N–C) groups is 1. The van der Waals surface area contributed by atoms with Crippen molar-refractivity contribution in [3.05, 3.63) is 71.3 Å². The molecule has 0 saturated carbocycles. The molecule has 2 aromatic carbocycles. The van der Waals surface area contributed by atoms with E-state index in [1.54, 1.807) is 0 Å². The van der Waals surface area contributed by atoms with Gasteiger partial charge in [-0.2, -0.15) is 0 Å². The van der Waals surface area contributed by atoms with Gasteiger partial charge >= 0.3 is 0 Å². The second-order valence-electron chi connectivity index (χ2n) is 7.74. The maximum Gasteiger partial charge on any atom is 0.254 e. The maximum absolute atomic E-state index is 13.3. The van der Waals surface area contributed by atoms with Gasteiger partial charge in [-0.3, -0.25) is 9.79 Å². The van der Waals surface area contributed by atoms with E-state index in [0.717, 1.165) is 36.9 Å². The third-order valence-corrected chi connectivity index (χ3v) is 5.64. The summed E-state index contributed by atoms with van der Waals surface area (Å²) in [4.78, 5) is 19.8. The molecule has 138 valence electrons. The molecule has 0 bridgehead atoms. The van der Waals surface area contributed by atoms with Gasteiger partial charge in [0, 0.05) is 23.9 Å². The quantitative estimate of drug-likeness (QED) is 0.745. The molecule has 1 unspecified atom stereocenters. The molecule has 0 fully saturated rings. The van der Waals surface area contributed by atoms with Crippen molar-refractivity contribution in [3.8, 4) is 11.1 Å². The molecular formula is C24H26N2O. The second-order valence-corrected chi connectivity index (χ2v) is 7.74. The van der Waals surface area contributed by atoms with Crippen LogP contribution in [0.2, 0.25) is 0 Å². The summed E-state index contributed by atoms with van der Waals surface area (Å²) >= 11 is 0. The van der Waals surface area contributed by atoms with E-state index < -0.39 is 0 Å². The van der Waals surface area contributed by atoms with Crippen molar-refractivity contribution in [2.24, 2.45) is 4.99 Å². The van der Waals surface area contributed by atoms with Gasteiger partial charge in [-0.1, -0.05) is 42.5 Å². The molecule has 0 saturated heterocycles. The fraction of sp³-hybridized carbons (Fsp3) is 0.333. The van der Waals surface area contributed by atoms with E-state index >= 15 is 0 Å². The van der Waals surface area contributed by atoms with Crippen molar-refractivity contribution in [2.45, 2.75) is 45.2 Å². The van der Waals surface area contributed by atoms with Gasteiger partial charge in [0.1, 0.15) is 0 Å². The minimum absolute atomic E-state index is 0.133. The molecule has 2 aromatic rings. The first-order valence-corrected chi connectivity index (χ1v) is 9.82. The van der Waals surface area contributed by atoms with Crippen LogP contribution in [0.1, 0.15) is 43.5 Å². The smallest absolute Gasteiger partial charge is 0.254 e. The van der Waals surface area contributed by atoms with E-state index in [9.17, 15) is 4.79 Å². The largest absolute Gasteiger partial charge is 0.333 e. The Labute approximate surface area is 161 Å². The summed E-state index contributed by atoms with van der Waals surface area (Å²) in [5, 5.41) is 0. The lowest BCUT2D eigenvalue weighted by molar-refractivity contribution is 0.0591. The monoisotopic (exact) mass is 358 g/mol. The molecule has 0 radical (unpaired) electrons. The normalized spacial score (nSPS) is 18.7.